The summed E-state index contributed by atoms with van der Waals surface area (Å²) in [7, 11) is 4.97. The minimum absolute atomic E-state index is 0.171. The van der Waals surface area contributed by atoms with Gasteiger partial charge in [-0.3, -0.25) is 4.79 Å². The molecule has 0 aliphatic heterocycles. The lowest BCUT2D eigenvalue weighted by Crippen LogP contribution is -2.15. The zero-order valence-corrected chi connectivity index (χ0v) is 19.1. The van der Waals surface area contributed by atoms with Crippen LogP contribution in [0.3, 0.4) is 0 Å². The summed E-state index contributed by atoms with van der Waals surface area (Å²) in [6, 6.07) is 11.2. The number of amides is 1. The fourth-order valence-electron chi connectivity index (χ4n) is 2.78. The van der Waals surface area contributed by atoms with E-state index in [2.05, 4.69) is 22.4 Å². The molecule has 3 rings (SSSR count). The number of aryl methyl sites for hydroxylation is 2. The van der Waals surface area contributed by atoms with Gasteiger partial charge in [0.1, 0.15) is 23.9 Å². The molecule has 164 valence electrons. The number of anilines is 1. The van der Waals surface area contributed by atoms with Crippen molar-refractivity contribution in [3.63, 3.8) is 0 Å². The van der Waals surface area contributed by atoms with E-state index in [0.717, 1.165) is 5.75 Å². The van der Waals surface area contributed by atoms with Crippen molar-refractivity contribution in [1.29, 1.82) is 0 Å². The number of carbonyl (C=O) groups excluding carboxylic acids is 1. The van der Waals surface area contributed by atoms with E-state index in [1.54, 1.807) is 32.4 Å². The van der Waals surface area contributed by atoms with Crippen LogP contribution in [0, 0.1) is 13.8 Å². The Morgan fingerprint density at radius 1 is 1.03 bits per heavy atom. The van der Waals surface area contributed by atoms with Gasteiger partial charge in [-0.1, -0.05) is 17.8 Å². The standard InChI is InChI=1S/C22H26N4O4S/c1-14-6-7-17(10-15(14)2)30-12-20-24-25-22(26(20)3)31-13-21(27)23-18-11-16(28-4)8-9-19(18)29-5/h6-11H,12-13H2,1-5H3,(H,23,27). The maximum Gasteiger partial charge on any atom is 0.234 e. The first-order valence-electron chi connectivity index (χ1n) is 9.64. The van der Waals surface area contributed by atoms with Gasteiger partial charge in [-0.25, -0.2) is 0 Å². The third kappa shape index (κ3) is 5.69. The Hall–Kier alpha value is -3.20. The number of nitrogens with zero attached hydrogens (tertiary/aromatic N) is 3. The Kier molecular flexibility index (Phi) is 7.41. The maximum absolute atomic E-state index is 12.4. The van der Waals surface area contributed by atoms with Crippen LogP contribution in [-0.4, -0.2) is 40.6 Å². The molecule has 8 nitrogen and oxygen atoms in total. The van der Waals surface area contributed by atoms with Crippen molar-refractivity contribution in [2.75, 3.05) is 25.3 Å². The van der Waals surface area contributed by atoms with Crippen molar-refractivity contribution in [3.8, 4) is 17.2 Å². The van der Waals surface area contributed by atoms with E-state index in [1.165, 1.54) is 22.9 Å². The van der Waals surface area contributed by atoms with E-state index >= 15 is 0 Å². The van der Waals surface area contributed by atoms with Gasteiger partial charge in [0.15, 0.2) is 11.0 Å². The molecule has 0 aliphatic rings. The molecule has 1 aromatic heterocycles. The van der Waals surface area contributed by atoms with Crippen molar-refractivity contribution in [1.82, 2.24) is 14.8 Å². The molecule has 1 heterocycles. The maximum atomic E-state index is 12.4. The molecular weight excluding hydrogens is 416 g/mol. The number of rotatable bonds is 9. The number of aromatic nitrogens is 3. The molecular formula is C22H26N4O4S. The summed E-state index contributed by atoms with van der Waals surface area (Å²) >= 11 is 1.29. The highest BCUT2D eigenvalue weighted by atomic mass is 32.2. The highest BCUT2D eigenvalue weighted by Crippen LogP contribution is 2.29. The zero-order valence-electron chi connectivity index (χ0n) is 18.3. The lowest BCUT2D eigenvalue weighted by Gasteiger charge is -2.11. The van der Waals surface area contributed by atoms with E-state index in [9.17, 15) is 4.79 Å². The fourth-order valence-corrected chi connectivity index (χ4v) is 3.51. The van der Waals surface area contributed by atoms with Crippen molar-refractivity contribution in [2.45, 2.75) is 25.6 Å². The van der Waals surface area contributed by atoms with Crippen LogP contribution in [0.2, 0.25) is 0 Å². The summed E-state index contributed by atoms with van der Waals surface area (Å²) in [5.74, 6) is 2.63. The first kappa shape index (κ1) is 22.5. The minimum Gasteiger partial charge on any atom is -0.497 e. The van der Waals surface area contributed by atoms with Crippen molar-refractivity contribution < 1.29 is 19.0 Å². The van der Waals surface area contributed by atoms with Gasteiger partial charge in [-0.15, -0.1) is 10.2 Å². The van der Waals surface area contributed by atoms with Crippen LogP contribution in [0.4, 0.5) is 5.69 Å². The van der Waals surface area contributed by atoms with Gasteiger partial charge in [-0.05, 0) is 49.2 Å². The Bertz CT molecular complexity index is 1070. The van der Waals surface area contributed by atoms with Crippen molar-refractivity contribution in [3.05, 3.63) is 53.3 Å². The molecule has 1 N–H and O–H groups in total. The predicted octanol–water partition coefficient (Wildman–Crippen LogP) is 3.76. The number of carbonyl (C=O) groups is 1. The summed E-state index contributed by atoms with van der Waals surface area (Å²) in [6.45, 7) is 4.40. The van der Waals surface area contributed by atoms with Crippen LogP contribution in [0.15, 0.2) is 41.6 Å². The topological polar surface area (TPSA) is 87.5 Å². The van der Waals surface area contributed by atoms with Gasteiger partial charge >= 0.3 is 0 Å². The Labute approximate surface area is 185 Å². The highest BCUT2D eigenvalue weighted by Gasteiger charge is 2.14. The quantitative estimate of drug-likeness (QED) is 0.505. The third-order valence-electron chi connectivity index (χ3n) is 4.78. The van der Waals surface area contributed by atoms with Crippen LogP contribution in [-0.2, 0) is 18.4 Å². The highest BCUT2D eigenvalue weighted by molar-refractivity contribution is 7.99. The molecule has 0 fully saturated rings. The number of nitrogens with one attached hydrogen (secondary N) is 1. The molecule has 0 saturated carbocycles. The first-order valence-corrected chi connectivity index (χ1v) is 10.6. The fraction of sp³-hybridized carbons (Fsp3) is 0.318. The Morgan fingerprint density at radius 2 is 1.81 bits per heavy atom. The van der Waals surface area contributed by atoms with Crippen molar-refractivity contribution >= 4 is 23.4 Å². The first-order chi connectivity index (χ1) is 14.9. The number of thioether (sulfide) groups is 1. The Balaban J connectivity index is 1.57. The zero-order chi connectivity index (χ0) is 22.4. The molecule has 2 aromatic carbocycles. The minimum atomic E-state index is -0.188. The molecule has 0 atom stereocenters. The number of hydrogen-bond acceptors (Lipinski definition) is 7. The summed E-state index contributed by atoms with van der Waals surface area (Å²) < 4.78 is 18.2. The molecule has 0 bridgehead atoms. The largest absolute Gasteiger partial charge is 0.497 e. The second-order valence-corrected chi connectivity index (χ2v) is 7.84. The van der Waals surface area contributed by atoms with Gasteiger partial charge in [0.05, 0.1) is 25.7 Å². The smallest absolute Gasteiger partial charge is 0.234 e. The normalized spacial score (nSPS) is 10.6. The van der Waals surface area contributed by atoms with Crippen LogP contribution in [0.5, 0.6) is 17.2 Å². The molecule has 0 spiro atoms. The van der Waals surface area contributed by atoms with Gasteiger partial charge in [0, 0.05) is 13.1 Å². The van der Waals surface area contributed by atoms with Crippen LogP contribution < -0.4 is 19.5 Å². The molecule has 31 heavy (non-hydrogen) atoms. The number of hydrogen-bond donors (Lipinski definition) is 1. The monoisotopic (exact) mass is 442 g/mol. The van der Waals surface area contributed by atoms with Crippen LogP contribution >= 0.6 is 11.8 Å². The summed E-state index contributed by atoms with van der Waals surface area (Å²) in [5, 5.41) is 11.8. The third-order valence-corrected chi connectivity index (χ3v) is 5.80. The average Bonchev–Trinajstić information content (AvgIpc) is 3.12. The summed E-state index contributed by atoms with van der Waals surface area (Å²) in [5.41, 5.74) is 2.94. The summed E-state index contributed by atoms with van der Waals surface area (Å²) in [4.78, 5) is 12.4. The predicted molar refractivity (Wildman–Crippen MR) is 120 cm³/mol. The molecule has 0 unspecified atom stereocenters. The van der Waals surface area contributed by atoms with E-state index in [-0.39, 0.29) is 11.7 Å². The average molecular weight is 443 g/mol. The summed E-state index contributed by atoms with van der Waals surface area (Å²) in [6.07, 6.45) is 0. The van der Waals surface area contributed by atoms with E-state index in [0.29, 0.717) is 34.8 Å². The Morgan fingerprint density at radius 3 is 2.52 bits per heavy atom. The molecule has 0 saturated heterocycles. The van der Waals surface area contributed by atoms with E-state index in [1.807, 2.05) is 36.7 Å². The van der Waals surface area contributed by atoms with Gasteiger partial charge < -0.3 is 24.1 Å². The SMILES string of the molecule is COc1ccc(OC)c(NC(=O)CSc2nnc(COc3ccc(C)c(C)c3)n2C)c1. The van der Waals surface area contributed by atoms with E-state index < -0.39 is 0 Å². The number of benzene rings is 2. The van der Waals surface area contributed by atoms with Crippen LogP contribution in [0.1, 0.15) is 17.0 Å². The van der Waals surface area contributed by atoms with Crippen LogP contribution in [0.25, 0.3) is 0 Å². The number of ether oxygens (including phenoxy) is 3. The van der Waals surface area contributed by atoms with Crippen molar-refractivity contribution in [2.24, 2.45) is 7.05 Å². The second kappa shape index (κ2) is 10.2. The molecule has 9 heteroatoms. The molecule has 0 aliphatic carbocycles. The van der Waals surface area contributed by atoms with Gasteiger partial charge in [0.2, 0.25) is 5.91 Å². The molecule has 3 aromatic rings. The van der Waals surface area contributed by atoms with Gasteiger partial charge in [0.25, 0.3) is 0 Å². The molecule has 0 radical (unpaired) electrons. The second-order valence-electron chi connectivity index (χ2n) is 6.90. The lowest BCUT2D eigenvalue weighted by molar-refractivity contribution is -0.113. The lowest BCUT2D eigenvalue weighted by atomic mass is 10.1. The van der Waals surface area contributed by atoms with E-state index in [4.69, 9.17) is 14.2 Å². The number of methoxy groups -OCH3 is 2. The van der Waals surface area contributed by atoms with Gasteiger partial charge in [-0.2, -0.15) is 0 Å². The molecule has 1 amide bonds.